The van der Waals surface area contributed by atoms with Crippen LogP contribution in [0.2, 0.25) is 0 Å². The topological polar surface area (TPSA) is 104 Å². The van der Waals surface area contributed by atoms with Crippen LogP contribution >= 0.6 is 11.3 Å². The molecule has 1 aromatic heterocycles. The predicted molar refractivity (Wildman–Crippen MR) is 99.0 cm³/mol. The van der Waals surface area contributed by atoms with Crippen LogP contribution in [0.4, 0.5) is 13.2 Å². The number of sulfonamides is 1. The first kappa shape index (κ1) is 21.3. The number of halogens is 3. The van der Waals surface area contributed by atoms with Crippen LogP contribution in [-0.4, -0.2) is 33.0 Å². The van der Waals surface area contributed by atoms with E-state index >= 15 is 0 Å². The van der Waals surface area contributed by atoms with Crippen LogP contribution in [0.5, 0.6) is 0 Å². The van der Waals surface area contributed by atoms with Gasteiger partial charge in [0, 0.05) is 10.4 Å². The lowest BCUT2D eigenvalue weighted by Crippen LogP contribution is -2.41. The maximum atomic E-state index is 12.2. The normalized spacial score (nSPS) is 13.8. The fourth-order valence-corrected chi connectivity index (χ4v) is 4.96. The fourth-order valence-electron chi connectivity index (χ4n) is 2.75. The number of aryl methyl sites for hydroxylation is 2. The maximum absolute atomic E-state index is 12.2. The molecule has 7 nitrogen and oxygen atoms in total. The van der Waals surface area contributed by atoms with Crippen molar-refractivity contribution in [3.05, 3.63) is 51.2 Å². The van der Waals surface area contributed by atoms with E-state index in [9.17, 15) is 31.2 Å². The predicted octanol–water partition coefficient (Wildman–Crippen LogP) is 2.15. The maximum Gasteiger partial charge on any atom is 0.402 e. The highest BCUT2D eigenvalue weighted by Crippen LogP contribution is 2.30. The van der Waals surface area contributed by atoms with Gasteiger partial charge in [0.05, 0.1) is 9.77 Å². The van der Waals surface area contributed by atoms with Gasteiger partial charge in [0.25, 0.3) is 11.8 Å². The molecular formula is C17H16F3N3O4S2. The number of hydrogen-bond donors (Lipinski definition) is 3. The fraction of sp³-hybridized carbons (Fsp3) is 0.294. The van der Waals surface area contributed by atoms with Crippen molar-refractivity contribution in [3.8, 4) is 0 Å². The number of amides is 2. The molecule has 1 aliphatic carbocycles. The Morgan fingerprint density at radius 3 is 2.48 bits per heavy atom. The van der Waals surface area contributed by atoms with Crippen LogP contribution in [0.1, 0.15) is 36.9 Å². The summed E-state index contributed by atoms with van der Waals surface area (Å²) in [6.07, 6.45) is -1.83. The number of rotatable bonds is 5. The van der Waals surface area contributed by atoms with Crippen LogP contribution in [0, 0.1) is 0 Å². The number of fused-ring (bicyclic) bond motifs is 1. The zero-order valence-corrected chi connectivity index (χ0v) is 16.4. The average molecular weight is 447 g/mol. The molecule has 156 valence electrons. The van der Waals surface area contributed by atoms with Gasteiger partial charge in [0.2, 0.25) is 10.0 Å². The minimum atomic E-state index is -4.71. The van der Waals surface area contributed by atoms with Crippen molar-refractivity contribution in [3.63, 3.8) is 0 Å². The molecule has 3 N–H and O–H groups in total. The Morgan fingerprint density at radius 1 is 1.07 bits per heavy atom. The molecule has 29 heavy (non-hydrogen) atoms. The summed E-state index contributed by atoms with van der Waals surface area (Å²) in [5.41, 5.74) is 5.39. The first-order chi connectivity index (χ1) is 13.5. The lowest BCUT2D eigenvalue weighted by molar-refractivity contribution is -0.121. The van der Waals surface area contributed by atoms with E-state index in [4.69, 9.17) is 0 Å². The largest absolute Gasteiger partial charge is 0.402 e. The summed E-state index contributed by atoms with van der Waals surface area (Å²) in [4.78, 5) is 25.4. The number of hydrazine groups is 1. The van der Waals surface area contributed by atoms with Crippen LogP contribution in [0.3, 0.4) is 0 Å². The molecule has 1 heterocycles. The van der Waals surface area contributed by atoms with Crippen LogP contribution in [0.25, 0.3) is 0 Å². The zero-order valence-electron chi connectivity index (χ0n) is 14.8. The van der Waals surface area contributed by atoms with E-state index in [2.05, 4.69) is 10.9 Å². The molecule has 0 aliphatic heterocycles. The molecule has 2 aromatic rings. The van der Waals surface area contributed by atoms with Gasteiger partial charge in [0.15, 0.2) is 0 Å². The molecule has 0 atom stereocenters. The minimum Gasteiger partial charge on any atom is -0.267 e. The van der Waals surface area contributed by atoms with Crippen molar-refractivity contribution < 1.29 is 31.2 Å². The summed E-state index contributed by atoms with van der Waals surface area (Å²) in [7, 11) is -4.46. The standard InChI is InChI=1S/C17H16F3N3O4S2/c18-17(19,20)9-21-29(26,27)12-5-1-4-11(7-12)15(24)22-23-16(25)14-8-10-3-2-6-13(10)28-14/h1,4-5,7-8,21H,2-3,6,9H2,(H,22,24)(H,23,25). The second-order valence-corrected chi connectivity index (χ2v) is 9.19. The molecule has 0 fully saturated rings. The monoisotopic (exact) mass is 447 g/mol. The van der Waals surface area contributed by atoms with Gasteiger partial charge < -0.3 is 0 Å². The van der Waals surface area contributed by atoms with Gasteiger partial charge in [-0.1, -0.05) is 6.07 Å². The number of carbonyl (C=O) groups excluding carboxylic acids is 2. The van der Waals surface area contributed by atoms with Crippen molar-refractivity contribution in [1.29, 1.82) is 0 Å². The van der Waals surface area contributed by atoms with Crippen molar-refractivity contribution >= 4 is 33.2 Å². The summed E-state index contributed by atoms with van der Waals surface area (Å²) in [6, 6.07) is 6.22. The molecule has 0 saturated carbocycles. The molecule has 0 unspecified atom stereocenters. The van der Waals surface area contributed by atoms with E-state index < -0.39 is 39.5 Å². The summed E-state index contributed by atoms with van der Waals surface area (Å²) >= 11 is 1.35. The van der Waals surface area contributed by atoms with Crippen molar-refractivity contribution in [2.75, 3.05) is 6.54 Å². The molecule has 3 rings (SSSR count). The van der Waals surface area contributed by atoms with Gasteiger partial charge in [-0.3, -0.25) is 20.4 Å². The molecular weight excluding hydrogens is 431 g/mol. The number of alkyl halides is 3. The Kier molecular flexibility index (Phi) is 5.96. The minimum absolute atomic E-state index is 0.145. The third kappa shape index (κ3) is 5.34. The van der Waals surface area contributed by atoms with E-state index in [0.29, 0.717) is 4.88 Å². The van der Waals surface area contributed by atoms with Gasteiger partial charge in [0.1, 0.15) is 6.54 Å². The van der Waals surface area contributed by atoms with Crippen LogP contribution in [0.15, 0.2) is 35.2 Å². The number of benzene rings is 1. The third-order valence-electron chi connectivity index (χ3n) is 4.13. The Balaban J connectivity index is 1.63. The molecule has 0 saturated heterocycles. The van der Waals surface area contributed by atoms with Gasteiger partial charge >= 0.3 is 6.18 Å². The van der Waals surface area contributed by atoms with E-state index in [1.165, 1.54) is 28.2 Å². The molecule has 12 heteroatoms. The Bertz CT molecular complexity index is 1030. The average Bonchev–Trinajstić information content (AvgIpc) is 3.26. The quantitative estimate of drug-likeness (QED) is 0.611. The summed E-state index contributed by atoms with van der Waals surface area (Å²) in [5.74, 6) is -1.32. The van der Waals surface area contributed by atoms with Gasteiger partial charge in [-0.15, -0.1) is 11.3 Å². The third-order valence-corrected chi connectivity index (χ3v) is 6.76. The van der Waals surface area contributed by atoms with E-state index in [-0.39, 0.29) is 5.56 Å². The highest BCUT2D eigenvalue weighted by atomic mass is 32.2. The van der Waals surface area contributed by atoms with Crippen molar-refractivity contribution in [2.45, 2.75) is 30.3 Å². The van der Waals surface area contributed by atoms with Crippen LogP contribution < -0.4 is 15.6 Å². The number of carbonyl (C=O) groups is 2. The SMILES string of the molecule is O=C(NNC(=O)c1cc2c(s1)CCC2)c1cccc(S(=O)(=O)NCC(F)(F)F)c1. The summed E-state index contributed by atoms with van der Waals surface area (Å²) in [5, 5.41) is 0. The lowest BCUT2D eigenvalue weighted by atomic mass is 10.2. The Morgan fingerprint density at radius 2 is 1.79 bits per heavy atom. The lowest BCUT2D eigenvalue weighted by Gasteiger charge is -2.11. The molecule has 0 bridgehead atoms. The highest BCUT2D eigenvalue weighted by Gasteiger charge is 2.30. The number of hydrogen-bond acceptors (Lipinski definition) is 5. The van der Waals surface area contributed by atoms with E-state index in [1.807, 2.05) is 0 Å². The zero-order chi connectivity index (χ0) is 21.2. The summed E-state index contributed by atoms with van der Waals surface area (Å²) in [6.45, 7) is -1.73. The van der Waals surface area contributed by atoms with Gasteiger partial charge in [-0.2, -0.15) is 13.2 Å². The van der Waals surface area contributed by atoms with Crippen molar-refractivity contribution in [1.82, 2.24) is 15.6 Å². The molecule has 1 aliphatic rings. The first-order valence-electron chi connectivity index (χ1n) is 8.44. The number of thiophene rings is 1. The van der Waals surface area contributed by atoms with Gasteiger partial charge in [-0.05, 0) is 49.1 Å². The second kappa shape index (κ2) is 8.13. The summed E-state index contributed by atoms with van der Waals surface area (Å²) < 4.78 is 62.1. The molecule has 1 aromatic carbocycles. The van der Waals surface area contributed by atoms with Crippen LogP contribution in [-0.2, 0) is 22.9 Å². The molecule has 2 amide bonds. The Hall–Kier alpha value is -2.44. The first-order valence-corrected chi connectivity index (χ1v) is 10.7. The number of nitrogens with one attached hydrogen (secondary N) is 3. The molecule has 0 spiro atoms. The van der Waals surface area contributed by atoms with Crippen molar-refractivity contribution in [2.24, 2.45) is 0 Å². The van der Waals surface area contributed by atoms with E-state index in [0.717, 1.165) is 41.8 Å². The van der Waals surface area contributed by atoms with Gasteiger partial charge in [-0.25, -0.2) is 13.1 Å². The second-order valence-electron chi connectivity index (χ2n) is 6.29. The van der Waals surface area contributed by atoms with E-state index in [1.54, 1.807) is 6.07 Å². The highest BCUT2D eigenvalue weighted by molar-refractivity contribution is 7.89. The Labute approximate surface area is 168 Å². The molecule has 0 radical (unpaired) electrons. The smallest absolute Gasteiger partial charge is 0.267 e.